The van der Waals surface area contributed by atoms with Crippen LogP contribution in [0.4, 0.5) is 5.69 Å². The Morgan fingerprint density at radius 2 is 1.46 bits per heavy atom. The van der Waals surface area contributed by atoms with E-state index in [1.165, 1.54) is 9.87 Å². The second kappa shape index (κ2) is 12.1. The number of carbonyl (C=O) groups excluding carboxylic acids is 1. The van der Waals surface area contributed by atoms with Crippen LogP contribution < -0.4 is 5.32 Å². The molecule has 0 atom stereocenters. The van der Waals surface area contributed by atoms with E-state index >= 15 is 0 Å². The molecule has 0 radical (unpaired) electrons. The molecule has 3 aromatic carbocycles. The number of carbonyl (C=O) groups is 1. The summed E-state index contributed by atoms with van der Waals surface area (Å²) >= 11 is 0. The van der Waals surface area contributed by atoms with Crippen molar-refractivity contribution in [2.75, 3.05) is 18.4 Å². The molecule has 5 nitrogen and oxygen atoms in total. The highest BCUT2D eigenvalue weighted by Gasteiger charge is 2.29. The van der Waals surface area contributed by atoms with Gasteiger partial charge in [-0.3, -0.25) is 4.79 Å². The Morgan fingerprint density at radius 1 is 0.857 bits per heavy atom. The highest BCUT2D eigenvalue weighted by atomic mass is 32.2. The lowest BCUT2D eigenvalue weighted by Crippen LogP contribution is -2.39. The molecule has 0 bridgehead atoms. The third kappa shape index (κ3) is 7.26. The first-order chi connectivity index (χ1) is 16.7. The number of aryl methyl sites for hydroxylation is 4. The number of amides is 1. The summed E-state index contributed by atoms with van der Waals surface area (Å²) in [6.45, 7) is 7.68. The SMILES string of the molecule is CCCCc1ccc(NC(=O)CN(CCc2ccccc2)S(=O)(=O)c2c(C)cc(C)cc2C)cc1. The van der Waals surface area contributed by atoms with Crippen molar-refractivity contribution in [2.45, 2.75) is 58.3 Å². The molecule has 0 saturated carbocycles. The zero-order valence-corrected chi connectivity index (χ0v) is 22.0. The average Bonchev–Trinajstić information content (AvgIpc) is 2.81. The van der Waals surface area contributed by atoms with E-state index in [2.05, 4.69) is 12.2 Å². The van der Waals surface area contributed by atoms with Gasteiger partial charge < -0.3 is 5.32 Å². The summed E-state index contributed by atoms with van der Waals surface area (Å²) in [5.74, 6) is -0.356. The number of hydrogen-bond acceptors (Lipinski definition) is 3. The fraction of sp³-hybridized carbons (Fsp3) is 0.345. The third-order valence-electron chi connectivity index (χ3n) is 6.07. The molecule has 35 heavy (non-hydrogen) atoms. The first-order valence-electron chi connectivity index (χ1n) is 12.2. The average molecular weight is 493 g/mol. The van der Waals surface area contributed by atoms with Crippen molar-refractivity contribution < 1.29 is 13.2 Å². The number of hydrogen-bond donors (Lipinski definition) is 1. The van der Waals surface area contributed by atoms with E-state index in [0.717, 1.165) is 30.4 Å². The fourth-order valence-corrected chi connectivity index (χ4v) is 6.19. The van der Waals surface area contributed by atoms with Gasteiger partial charge in [0.25, 0.3) is 0 Å². The molecule has 0 unspecified atom stereocenters. The van der Waals surface area contributed by atoms with Crippen LogP contribution in [0.3, 0.4) is 0 Å². The van der Waals surface area contributed by atoms with Gasteiger partial charge in [-0.05, 0) is 74.4 Å². The zero-order valence-electron chi connectivity index (χ0n) is 21.2. The van der Waals surface area contributed by atoms with Crippen molar-refractivity contribution >= 4 is 21.6 Å². The van der Waals surface area contributed by atoms with Gasteiger partial charge in [-0.2, -0.15) is 4.31 Å². The number of unbranched alkanes of at least 4 members (excludes halogenated alkanes) is 1. The molecule has 3 aromatic rings. The quantitative estimate of drug-likeness (QED) is 0.366. The van der Waals surface area contributed by atoms with Gasteiger partial charge in [-0.15, -0.1) is 0 Å². The molecule has 0 saturated heterocycles. The summed E-state index contributed by atoms with van der Waals surface area (Å²) in [4.78, 5) is 13.3. The molecular weight excluding hydrogens is 456 g/mol. The number of benzene rings is 3. The van der Waals surface area contributed by atoms with Gasteiger partial charge in [0.1, 0.15) is 0 Å². The maximum absolute atomic E-state index is 13.8. The Hall–Kier alpha value is -2.96. The maximum Gasteiger partial charge on any atom is 0.244 e. The predicted octanol–water partition coefficient (Wildman–Crippen LogP) is 5.83. The van der Waals surface area contributed by atoms with Crippen LogP contribution in [-0.2, 0) is 27.7 Å². The zero-order chi connectivity index (χ0) is 25.4. The Bertz CT molecular complexity index is 1210. The Kier molecular flexibility index (Phi) is 9.24. The molecule has 0 aromatic heterocycles. The van der Waals surface area contributed by atoms with Crippen LogP contribution in [0.5, 0.6) is 0 Å². The van der Waals surface area contributed by atoms with E-state index in [4.69, 9.17) is 0 Å². The Labute approximate surface area is 210 Å². The first-order valence-corrected chi connectivity index (χ1v) is 13.7. The minimum Gasteiger partial charge on any atom is -0.325 e. The predicted molar refractivity (Wildman–Crippen MR) is 143 cm³/mol. The maximum atomic E-state index is 13.8. The van der Waals surface area contributed by atoms with Gasteiger partial charge in [0, 0.05) is 12.2 Å². The third-order valence-corrected chi connectivity index (χ3v) is 8.22. The minimum absolute atomic E-state index is 0.211. The van der Waals surface area contributed by atoms with Crippen molar-refractivity contribution in [1.29, 1.82) is 0 Å². The minimum atomic E-state index is -3.88. The number of sulfonamides is 1. The molecule has 0 spiro atoms. The van der Waals surface area contributed by atoms with Crippen molar-refractivity contribution in [3.05, 3.63) is 94.5 Å². The van der Waals surface area contributed by atoms with Crippen LogP contribution >= 0.6 is 0 Å². The van der Waals surface area contributed by atoms with Gasteiger partial charge in [0.15, 0.2) is 0 Å². The molecule has 0 fully saturated rings. The second-order valence-electron chi connectivity index (χ2n) is 9.15. The molecule has 6 heteroatoms. The molecule has 0 aliphatic rings. The summed E-state index contributed by atoms with van der Waals surface area (Å²) in [5.41, 5.74) is 5.30. The van der Waals surface area contributed by atoms with Gasteiger partial charge in [-0.1, -0.05) is 73.5 Å². The summed E-state index contributed by atoms with van der Waals surface area (Å²) in [7, 11) is -3.88. The molecule has 1 amide bonds. The second-order valence-corrected chi connectivity index (χ2v) is 11.0. The Morgan fingerprint density at radius 3 is 2.06 bits per heavy atom. The van der Waals surface area contributed by atoms with E-state index in [1.54, 1.807) is 0 Å². The van der Waals surface area contributed by atoms with E-state index in [9.17, 15) is 13.2 Å². The molecule has 186 valence electrons. The standard InChI is InChI=1S/C29H36N2O3S/c1-5-6-10-26-13-15-27(16-14-26)30-28(32)21-31(18-17-25-11-8-7-9-12-25)35(33,34)29-23(3)19-22(2)20-24(29)4/h7-9,11-16,19-20H,5-6,10,17-18,21H2,1-4H3,(H,30,32). The number of nitrogens with zero attached hydrogens (tertiary/aromatic N) is 1. The van der Waals surface area contributed by atoms with Crippen molar-refractivity contribution in [3.8, 4) is 0 Å². The van der Waals surface area contributed by atoms with Crippen LogP contribution in [0, 0.1) is 20.8 Å². The smallest absolute Gasteiger partial charge is 0.244 e. The van der Waals surface area contributed by atoms with Crippen molar-refractivity contribution in [1.82, 2.24) is 4.31 Å². The lowest BCUT2D eigenvalue weighted by Gasteiger charge is -2.24. The monoisotopic (exact) mass is 492 g/mol. The van der Waals surface area contributed by atoms with Gasteiger partial charge in [0.05, 0.1) is 11.4 Å². The lowest BCUT2D eigenvalue weighted by molar-refractivity contribution is -0.116. The van der Waals surface area contributed by atoms with E-state index < -0.39 is 10.0 Å². The van der Waals surface area contributed by atoms with Crippen molar-refractivity contribution in [3.63, 3.8) is 0 Å². The molecule has 0 aliphatic heterocycles. The largest absolute Gasteiger partial charge is 0.325 e. The number of nitrogens with one attached hydrogen (secondary N) is 1. The molecule has 3 rings (SSSR count). The number of rotatable bonds is 11. The molecule has 0 heterocycles. The van der Waals surface area contributed by atoms with E-state index in [1.807, 2.05) is 87.5 Å². The topological polar surface area (TPSA) is 66.5 Å². The van der Waals surface area contributed by atoms with Crippen LogP contribution in [0.1, 0.15) is 47.6 Å². The van der Waals surface area contributed by atoms with Crippen LogP contribution in [-0.4, -0.2) is 31.7 Å². The summed E-state index contributed by atoms with van der Waals surface area (Å²) < 4.78 is 28.9. The van der Waals surface area contributed by atoms with Crippen LogP contribution in [0.15, 0.2) is 71.6 Å². The van der Waals surface area contributed by atoms with Gasteiger partial charge in [0.2, 0.25) is 15.9 Å². The highest BCUT2D eigenvalue weighted by molar-refractivity contribution is 7.89. The van der Waals surface area contributed by atoms with Gasteiger partial charge >= 0.3 is 0 Å². The van der Waals surface area contributed by atoms with Crippen LogP contribution in [0.2, 0.25) is 0 Å². The van der Waals surface area contributed by atoms with E-state index in [-0.39, 0.29) is 23.9 Å². The summed E-state index contributed by atoms with van der Waals surface area (Å²) in [6, 6.07) is 21.2. The van der Waals surface area contributed by atoms with Crippen molar-refractivity contribution in [2.24, 2.45) is 0 Å². The molecule has 1 N–H and O–H groups in total. The summed E-state index contributed by atoms with van der Waals surface area (Å²) in [5, 5.41) is 2.87. The highest BCUT2D eigenvalue weighted by Crippen LogP contribution is 2.26. The Balaban J connectivity index is 1.82. The lowest BCUT2D eigenvalue weighted by atomic mass is 10.1. The fourth-order valence-electron chi connectivity index (χ4n) is 4.38. The van der Waals surface area contributed by atoms with E-state index in [0.29, 0.717) is 23.2 Å². The van der Waals surface area contributed by atoms with Gasteiger partial charge in [-0.25, -0.2) is 8.42 Å². The summed E-state index contributed by atoms with van der Waals surface area (Å²) in [6.07, 6.45) is 3.78. The van der Waals surface area contributed by atoms with Crippen LogP contribution in [0.25, 0.3) is 0 Å². The molecular formula is C29H36N2O3S. The normalized spacial score (nSPS) is 11.6. The number of anilines is 1. The first kappa shape index (κ1) is 26.6. The molecule has 0 aliphatic carbocycles.